The Hall–Kier alpha value is -3.08. The molecule has 1 nitrogen and oxygen atoms in total. The Morgan fingerprint density at radius 2 is 1.31 bits per heavy atom. The average Bonchev–Trinajstić information content (AvgIpc) is 2.87. The zero-order valence-electron chi connectivity index (χ0n) is 22.5. The third-order valence-electron chi connectivity index (χ3n) is 7.76. The van der Waals surface area contributed by atoms with Crippen LogP contribution < -0.4 is 0 Å². The maximum atomic E-state index is 15.1. The van der Waals surface area contributed by atoms with E-state index in [1.165, 1.54) is 12.1 Å². The van der Waals surface area contributed by atoms with E-state index < -0.39 is 64.7 Å². The maximum Gasteiger partial charge on any atom is 0.527 e. The summed E-state index contributed by atoms with van der Waals surface area (Å²) in [6, 6.07) is 5.72. The molecule has 0 saturated heterocycles. The minimum absolute atomic E-state index is 0.00528. The lowest BCUT2D eigenvalue weighted by Crippen LogP contribution is -2.28. The van der Waals surface area contributed by atoms with E-state index in [2.05, 4.69) is 11.7 Å². The van der Waals surface area contributed by atoms with Crippen LogP contribution in [0.4, 0.5) is 43.9 Å². The number of aryl methyl sites for hydroxylation is 1. The molecule has 0 bridgehead atoms. The Balaban J connectivity index is 1.49. The minimum atomic E-state index is -5.73. The molecule has 0 aliphatic heterocycles. The van der Waals surface area contributed by atoms with E-state index in [-0.39, 0.29) is 23.5 Å². The Labute approximate surface area is 236 Å². The van der Waals surface area contributed by atoms with Crippen molar-refractivity contribution in [2.45, 2.75) is 76.7 Å². The summed E-state index contributed by atoms with van der Waals surface area (Å²) in [6.07, 6.45) is -5.67. The molecule has 4 rings (SSSR count). The summed E-state index contributed by atoms with van der Waals surface area (Å²) >= 11 is 0. The summed E-state index contributed by atoms with van der Waals surface area (Å²) in [5.41, 5.74) is -2.65. The molecule has 0 radical (unpaired) electrons. The lowest BCUT2D eigenvalue weighted by molar-refractivity contribution is -0.432. The van der Waals surface area contributed by atoms with Crippen LogP contribution in [0.5, 0.6) is 0 Å². The largest absolute Gasteiger partial charge is 0.527 e. The second-order valence-corrected chi connectivity index (χ2v) is 10.7. The van der Waals surface area contributed by atoms with Gasteiger partial charge in [0.05, 0.1) is 11.1 Å². The molecule has 1 aliphatic rings. The van der Waals surface area contributed by atoms with Crippen LogP contribution in [0.2, 0.25) is 0 Å². The first kappa shape index (κ1) is 31.8. The number of benzene rings is 3. The average molecular weight is 607 g/mol. The van der Waals surface area contributed by atoms with E-state index in [4.69, 9.17) is 0 Å². The molecule has 0 aromatic heterocycles. The van der Waals surface area contributed by atoms with Crippen molar-refractivity contribution in [1.29, 1.82) is 0 Å². The van der Waals surface area contributed by atoms with Gasteiger partial charge < -0.3 is 0 Å². The number of rotatable bonds is 9. The van der Waals surface area contributed by atoms with Crippen molar-refractivity contribution in [2.24, 2.45) is 5.92 Å². The van der Waals surface area contributed by atoms with E-state index in [1.54, 1.807) is 0 Å². The number of hydrogen-bond donors (Lipinski definition) is 0. The Morgan fingerprint density at radius 1 is 0.714 bits per heavy atom. The van der Waals surface area contributed by atoms with Crippen molar-refractivity contribution < 1.29 is 48.6 Å². The van der Waals surface area contributed by atoms with Crippen LogP contribution in [0, 0.1) is 35.0 Å². The van der Waals surface area contributed by atoms with Crippen LogP contribution in [0.1, 0.15) is 73.6 Å². The highest BCUT2D eigenvalue weighted by atomic mass is 19.4. The molecule has 11 heteroatoms. The van der Waals surface area contributed by atoms with E-state index in [0.29, 0.717) is 23.6 Å². The molecule has 0 heterocycles. The maximum absolute atomic E-state index is 15.1. The summed E-state index contributed by atoms with van der Waals surface area (Å²) < 4.78 is 141. The molecule has 42 heavy (non-hydrogen) atoms. The fourth-order valence-electron chi connectivity index (χ4n) is 5.70. The molecule has 3 aromatic rings. The van der Waals surface area contributed by atoms with Crippen LogP contribution in [-0.4, -0.2) is 6.36 Å². The minimum Gasteiger partial charge on any atom is -0.222 e. The van der Waals surface area contributed by atoms with Gasteiger partial charge in [-0.25, -0.2) is 26.7 Å². The molecule has 228 valence electrons. The first-order valence-corrected chi connectivity index (χ1v) is 13.6. The molecule has 1 saturated carbocycles. The molecule has 1 aliphatic carbocycles. The van der Waals surface area contributed by atoms with Crippen molar-refractivity contribution >= 4 is 0 Å². The van der Waals surface area contributed by atoms with Gasteiger partial charge in [-0.2, -0.15) is 8.78 Å². The first-order valence-electron chi connectivity index (χ1n) is 13.6. The highest BCUT2D eigenvalue weighted by Crippen LogP contribution is 2.40. The lowest BCUT2D eigenvalue weighted by atomic mass is 9.77. The van der Waals surface area contributed by atoms with Gasteiger partial charge in [0, 0.05) is 5.56 Å². The summed E-state index contributed by atoms with van der Waals surface area (Å²) in [7, 11) is 0. The van der Waals surface area contributed by atoms with Crippen molar-refractivity contribution in [3.05, 3.63) is 93.8 Å². The predicted molar refractivity (Wildman–Crippen MR) is 136 cm³/mol. The topological polar surface area (TPSA) is 9.23 Å². The van der Waals surface area contributed by atoms with Crippen molar-refractivity contribution in [3.8, 4) is 11.1 Å². The van der Waals surface area contributed by atoms with Gasteiger partial charge in [-0.15, -0.1) is 13.2 Å². The second kappa shape index (κ2) is 12.7. The highest BCUT2D eigenvalue weighted by Gasteiger charge is 2.47. The number of halogens is 10. The van der Waals surface area contributed by atoms with E-state index >= 15 is 8.78 Å². The van der Waals surface area contributed by atoms with Crippen LogP contribution in [0.3, 0.4) is 0 Å². The standard InChI is InChI=1S/C31H28F10O/c1-2-3-17-4-8-19(9-5-17)20-13-27(35)29(28(36)14-20)21-15-24(32)22(25(33)16-21)10-6-18-7-11-23(26(34)12-18)30(37,38)42-31(39,40)41/h7,11-17,19H,2-6,8-10H2,1H3. The van der Waals surface area contributed by atoms with Crippen LogP contribution in [0.25, 0.3) is 11.1 Å². The van der Waals surface area contributed by atoms with Gasteiger partial charge in [0.2, 0.25) is 0 Å². The Bertz CT molecular complexity index is 1360. The molecule has 0 amide bonds. The predicted octanol–water partition coefficient (Wildman–Crippen LogP) is 10.5. The number of ether oxygens (including phenoxy) is 1. The SMILES string of the molecule is CCCC1CCC(c2cc(F)c(-c3cc(F)c(CCc4ccc(C(F)(F)OC(F)(F)F)c(F)c4)c(F)c3)c(F)c2)CC1. The third kappa shape index (κ3) is 7.46. The molecule has 1 fully saturated rings. The van der Waals surface area contributed by atoms with Crippen LogP contribution in [0.15, 0.2) is 42.5 Å². The summed E-state index contributed by atoms with van der Waals surface area (Å²) in [5, 5.41) is 0. The summed E-state index contributed by atoms with van der Waals surface area (Å²) in [5.74, 6) is -5.28. The van der Waals surface area contributed by atoms with E-state index in [1.807, 2.05) is 0 Å². The Morgan fingerprint density at radius 3 is 1.83 bits per heavy atom. The van der Waals surface area contributed by atoms with Gasteiger partial charge in [0.1, 0.15) is 29.1 Å². The van der Waals surface area contributed by atoms with Gasteiger partial charge in [-0.1, -0.05) is 25.8 Å². The smallest absolute Gasteiger partial charge is 0.222 e. The second-order valence-electron chi connectivity index (χ2n) is 10.7. The van der Waals surface area contributed by atoms with Crippen molar-refractivity contribution in [1.82, 2.24) is 0 Å². The number of hydrogen-bond acceptors (Lipinski definition) is 1. The van der Waals surface area contributed by atoms with E-state index in [0.717, 1.165) is 56.7 Å². The molecular formula is C31H28F10O. The molecule has 0 spiro atoms. The fourth-order valence-corrected chi connectivity index (χ4v) is 5.70. The highest BCUT2D eigenvalue weighted by molar-refractivity contribution is 5.66. The van der Waals surface area contributed by atoms with Crippen molar-refractivity contribution in [2.75, 3.05) is 0 Å². The lowest BCUT2D eigenvalue weighted by Gasteiger charge is -2.29. The molecule has 3 aromatic carbocycles. The first-order chi connectivity index (χ1) is 19.7. The molecule has 0 unspecified atom stereocenters. The summed E-state index contributed by atoms with van der Waals surface area (Å²) in [4.78, 5) is 0. The molecule has 0 atom stereocenters. The van der Waals surface area contributed by atoms with Gasteiger partial charge in [0.25, 0.3) is 0 Å². The normalized spacial score (nSPS) is 18.0. The van der Waals surface area contributed by atoms with Gasteiger partial charge in [-0.3, -0.25) is 0 Å². The van der Waals surface area contributed by atoms with Crippen LogP contribution >= 0.6 is 0 Å². The van der Waals surface area contributed by atoms with Gasteiger partial charge >= 0.3 is 12.5 Å². The Kier molecular flexibility index (Phi) is 9.59. The number of alkyl halides is 5. The van der Waals surface area contributed by atoms with Crippen molar-refractivity contribution in [3.63, 3.8) is 0 Å². The zero-order chi connectivity index (χ0) is 30.8. The van der Waals surface area contributed by atoms with Gasteiger partial charge in [0.15, 0.2) is 0 Å². The fraction of sp³-hybridized carbons (Fsp3) is 0.419. The van der Waals surface area contributed by atoms with E-state index in [9.17, 15) is 35.1 Å². The summed E-state index contributed by atoms with van der Waals surface area (Å²) in [6.45, 7) is 2.11. The third-order valence-corrected chi connectivity index (χ3v) is 7.76. The van der Waals surface area contributed by atoms with Crippen LogP contribution in [-0.2, 0) is 23.7 Å². The van der Waals surface area contributed by atoms with Gasteiger partial charge in [-0.05, 0) is 103 Å². The quantitative estimate of drug-likeness (QED) is 0.220. The molecule has 0 N–H and O–H groups in total. The molecular weight excluding hydrogens is 578 g/mol. The zero-order valence-corrected chi connectivity index (χ0v) is 22.5. The monoisotopic (exact) mass is 606 g/mol.